The molecule has 63 valence electrons. The van der Waals surface area contributed by atoms with Crippen molar-refractivity contribution in [1.82, 2.24) is 4.98 Å². The van der Waals surface area contributed by atoms with Crippen LogP contribution in [0.2, 0.25) is 0 Å². The average Bonchev–Trinajstić information content (AvgIpc) is 1.99. The first kappa shape index (κ1) is 11.9. The summed E-state index contributed by atoms with van der Waals surface area (Å²) in [6, 6.07) is 0. The summed E-state index contributed by atoms with van der Waals surface area (Å²) >= 11 is 0. The molecule has 0 saturated heterocycles. The minimum Gasteiger partial charge on any atom is -0.519 e. The Hall–Kier alpha value is -0.0761. The van der Waals surface area contributed by atoms with Crippen LogP contribution in [-0.4, -0.2) is 10.1 Å². The van der Waals surface area contributed by atoms with Crippen LogP contribution >= 0.6 is 0 Å². The minimum absolute atomic E-state index is 0. The molecule has 1 rings (SSSR count). The van der Waals surface area contributed by atoms with Crippen molar-refractivity contribution in [3.05, 3.63) is 29.9 Å². The van der Waals surface area contributed by atoms with Crippen molar-refractivity contribution >= 4 is 0 Å². The Labute approximate surface area is 98.3 Å². The van der Waals surface area contributed by atoms with Crippen LogP contribution in [-0.2, 0) is 39.1 Å². The fourth-order valence-corrected chi connectivity index (χ4v) is 1.08. The molecule has 1 aromatic heterocycles. The molecule has 0 amide bonds. The zero-order chi connectivity index (χ0) is 8.43. The first-order chi connectivity index (χ1) is 5.16. The SMILES string of the molecule is [CH2-]c1cnc(C)c(O)c1CC.[Y]. The van der Waals surface area contributed by atoms with Crippen molar-refractivity contribution in [3.8, 4) is 5.75 Å². The predicted octanol–water partition coefficient (Wildman–Crippen LogP) is 1.84. The van der Waals surface area contributed by atoms with Crippen molar-refractivity contribution in [2.45, 2.75) is 20.3 Å². The normalized spacial score (nSPS) is 9.17. The molecule has 1 radical (unpaired) electrons. The van der Waals surface area contributed by atoms with Gasteiger partial charge in [-0.05, 0) is 6.92 Å². The van der Waals surface area contributed by atoms with E-state index < -0.39 is 0 Å². The van der Waals surface area contributed by atoms with E-state index in [1.165, 1.54) is 0 Å². The second kappa shape index (κ2) is 4.83. The number of aryl methyl sites for hydroxylation is 1. The molecule has 0 bridgehead atoms. The Morgan fingerprint density at radius 3 is 2.58 bits per heavy atom. The Morgan fingerprint density at radius 1 is 1.58 bits per heavy atom. The monoisotopic (exact) mass is 239 g/mol. The third-order valence-corrected chi connectivity index (χ3v) is 1.78. The van der Waals surface area contributed by atoms with Crippen LogP contribution in [0.5, 0.6) is 5.75 Å². The summed E-state index contributed by atoms with van der Waals surface area (Å²) in [5.41, 5.74) is 2.39. The van der Waals surface area contributed by atoms with Crippen molar-refractivity contribution in [2.24, 2.45) is 0 Å². The number of rotatable bonds is 1. The molecule has 3 heteroatoms. The molecule has 0 atom stereocenters. The molecule has 0 unspecified atom stereocenters. The predicted molar refractivity (Wildman–Crippen MR) is 44.5 cm³/mol. The number of aromatic hydroxyl groups is 1. The van der Waals surface area contributed by atoms with Gasteiger partial charge in [-0.3, -0.25) is 0 Å². The smallest absolute Gasteiger partial charge is 0.0846 e. The summed E-state index contributed by atoms with van der Waals surface area (Å²) < 4.78 is 0. The Kier molecular flexibility index (Phi) is 4.80. The second-order valence-electron chi connectivity index (χ2n) is 2.55. The van der Waals surface area contributed by atoms with Gasteiger partial charge in [-0.1, -0.05) is 19.5 Å². The van der Waals surface area contributed by atoms with E-state index in [2.05, 4.69) is 11.9 Å². The van der Waals surface area contributed by atoms with E-state index in [9.17, 15) is 5.11 Å². The third-order valence-electron chi connectivity index (χ3n) is 1.78. The van der Waals surface area contributed by atoms with Crippen LogP contribution in [0, 0.1) is 13.8 Å². The Morgan fingerprint density at radius 2 is 2.17 bits per heavy atom. The van der Waals surface area contributed by atoms with Gasteiger partial charge in [-0.15, -0.1) is 5.56 Å². The van der Waals surface area contributed by atoms with Gasteiger partial charge < -0.3 is 10.1 Å². The van der Waals surface area contributed by atoms with E-state index in [1.807, 2.05) is 6.92 Å². The fraction of sp³-hybridized carbons (Fsp3) is 0.333. The van der Waals surface area contributed by atoms with E-state index in [0.29, 0.717) is 11.4 Å². The Balaban J connectivity index is 0.00000121. The largest absolute Gasteiger partial charge is 0.519 e. The molecule has 0 aliphatic rings. The van der Waals surface area contributed by atoms with Crippen molar-refractivity contribution in [2.75, 3.05) is 0 Å². The van der Waals surface area contributed by atoms with Crippen LogP contribution in [0.3, 0.4) is 0 Å². The van der Waals surface area contributed by atoms with E-state index in [0.717, 1.165) is 17.5 Å². The molecule has 0 saturated carbocycles. The average molecular weight is 239 g/mol. The maximum atomic E-state index is 9.48. The van der Waals surface area contributed by atoms with E-state index in [4.69, 9.17) is 0 Å². The first-order valence-corrected chi connectivity index (χ1v) is 3.66. The standard InChI is InChI=1S/C9H12NO.Y/c1-4-8-6(2)5-10-7(3)9(8)11;/h5,11H,2,4H2,1,3H3;/q-1;. The van der Waals surface area contributed by atoms with Crippen molar-refractivity contribution in [1.29, 1.82) is 0 Å². The van der Waals surface area contributed by atoms with Gasteiger partial charge in [0, 0.05) is 32.7 Å². The van der Waals surface area contributed by atoms with Crippen LogP contribution in [0.25, 0.3) is 0 Å². The molecule has 0 fully saturated rings. The van der Waals surface area contributed by atoms with Crippen LogP contribution in [0.15, 0.2) is 6.20 Å². The van der Waals surface area contributed by atoms with Gasteiger partial charge in [0.1, 0.15) is 0 Å². The molecular weight excluding hydrogens is 227 g/mol. The molecule has 1 N–H and O–H groups in total. The van der Waals surface area contributed by atoms with Gasteiger partial charge in [-0.25, -0.2) is 0 Å². The van der Waals surface area contributed by atoms with Gasteiger partial charge in [0.15, 0.2) is 0 Å². The number of hydrogen-bond donors (Lipinski definition) is 1. The molecule has 0 aliphatic heterocycles. The number of hydrogen-bond acceptors (Lipinski definition) is 2. The van der Waals surface area contributed by atoms with Gasteiger partial charge in [-0.2, -0.15) is 12.5 Å². The van der Waals surface area contributed by atoms with Gasteiger partial charge in [0.2, 0.25) is 0 Å². The molecule has 1 heterocycles. The molecule has 1 aromatic rings. The maximum absolute atomic E-state index is 9.48. The number of aromatic nitrogens is 1. The summed E-state index contributed by atoms with van der Waals surface area (Å²) in [5.74, 6) is 0.292. The van der Waals surface area contributed by atoms with Gasteiger partial charge >= 0.3 is 0 Å². The summed E-state index contributed by atoms with van der Waals surface area (Å²) in [7, 11) is 0. The van der Waals surface area contributed by atoms with E-state index >= 15 is 0 Å². The summed E-state index contributed by atoms with van der Waals surface area (Å²) in [5, 5.41) is 9.48. The summed E-state index contributed by atoms with van der Waals surface area (Å²) in [4.78, 5) is 3.97. The second-order valence-corrected chi connectivity index (χ2v) is 2.55. The van der Waals surface area contributed by atoms with Crippen molar-refractivity contribution in [3.63, 3.8) is 0 Å². The third kappa shape index (κ3) is 2.21. The number of nitrogens with zero attached hydrogens (tertiary/aromatic N) is 1. The Bertz CT molecular complexity index is 273. The topological polar surface area (TPSA) is 33.1 Å². The van der Waals surface area contributed by atoms with E-state index in [1.54, 1.807) is 13.1 Å². The molecule has 0 aliphatic carbocycles. The van der Waals surface area contributed by atoms with Crippen molar-refractivity contribution < 1.29 is 37.8 Å². The van der Waals surface area contributed by atoms with Crippen LogP contribution in [0.4, 0.5) is 0 Å². The quantitative estimate of drug-likeness (QED) is 0.758. The van der Waals surface area contributed by atoms with Gasteiger partial charge in [0.05, 0.1) is 11.4 Å². The maximum Gasteiger partial charge on any atom is 0.0846 e. The zero-order valence-corrected chi connectivity index (χ0v) is 10.3. The van der Waals surface area contributed by atoms with Crippen LogP contribution < -0.4 is 0 Å². The molecule has 0 spiro atoms. The molecule has 12 heavy (non-hydrogen) atoms. The molecule has 0 aromatic carbocycles. The molecular formula is C9H12NOY-. The fourth-order valence-electron chi connectivity index (χ4n) is 1.08. The minimum atomic E-state index is 0. The van der Waals surface area contributed by atoms with Crippen LogP contribution in [0.1, 0.15) is 23.7 Å². The first-order valence-electron chi connectivity index (χ1n) is 3.66. The van der Waals surface area contributed by atoms with Gasteiger partial charge in [0.25, 0.3) is 0 Å². The van der Waals surface area contributed by atoms with E-state index in [-0.39, 0.29) is 32.7 Å². The number of pyridine rings is 1. The molecule has 2 nitrogen and oxygen atoms in total. The summed E-state index contributed by atoms with van der Waals surface area (Å²) in [6.45, 7) is 7.55. The zero-order valence-electron chi connectivity index (χ0n) is 7.46. The summed E-state index contributed by atoms with van der Waals surface area (Å²) in [6.07, 6.45) is 2.49.